The molecule has 1 saturated carbocycles. The number of ether oxygens (including phenoxy) is 1. The molecule has 1 heterocycles. The van der Waals surface area contributed by atoms with Crippen LogP contribution in [0.5, 0.6) is 11.5 Å². The van der Waals surface area contributed by atoms with Gasteiger partial charge in [0.05, 0.1) is 0 Å². The Morgan fingerprint density at radius 3 is 2.48 bits per heavy atom. The van der Waals surface area contributed by atoms with Gasteiger partial charge in [-0.15, -0.1) is 0 Å². The molecule has 1 aromatic heterocycles. The van der Waals surface area contributed by atoms with Crippen LogP contribution in [0.3, 0.4) is 0 Å². The SMILES string of the molecule is CCCc1ccc(Oc2ccc3cc(C(N)=O)nc(CC4CCCC4)c3c2)cc1. The second-order valence-corrected chi connectivity index (χ2v) is 8.05. The number of benzene rings is 2. The van der Waals surface area contributed by atoms with Crippen LogP contribution in [0.15, 0.2) is 48.5 Å². The molecule has 150 valence electrons. The Balaban J connectivity index is 1.65. The van der Waals surface area contributed by atoms with Crippen molar-refractivity contribution in [2.75, 3.05) is 0 Å². The predicted molar refractivity (Wildman–Crippen MR) is 116 cm³/mol. The number of hydrogen-bond donors (Lipinski definition) is 1. The highest BCUT2D eigenvalue weighted by molar-refractivity contribution is 5.96. The fourth-order valence-electron chi connectivity index (χ4n) is 4.28. The maximum Gasteiger partial charge on any atom is 0.267 e. The van der Waals surface area contributed by atoms with Crippen LogP contribution in [0, 0.1) is 5.92 Å². The van der Waals surface area contributed by atoms with Crippen molar-refractivity contribution in [1.82, 2.24) is 4.98 Å². The second-order valence-electron chi connectivity index (χ2n) is 8.05. The molecule has 1 aliphatic carbocycles. The molecule has 0 aliphatic heterocycles. The van der Waals surface area contributed by atoms with Gasteiger partial charge in [0.15, 0.2) is 0 Å². The van der Waals surface area contributed by atoms with E-state index in [0.29, 0.717) is 11.6 Å². The Bertz CT molecular complexity index is 1010. The average molecular weight is 389 g/mol. The number of carbonyl (C=O) groups excluding carboxylic acids is 1. The number of aryl methyl sites for hydroxylation is 1. The number of aromatic nitrogens is 1. The molecule has 0 unspecified atom stereocenters. The molecule has 1 amide bonds. The van der Waals surface area contributed by atoms with Gasteiger partial charge in [0.1, 0.15) is 17.2 Å². The molecule has 0 bridgehead atoms. The molecule has 1 aliphatic rings. The lowest BCUT2D eigenvalue weighted by Gasteiger charge is -2.14. The maximum atomic E-state index is 11.8. The first-order chi connectivity index (χ1) is 14.1. The normalized spacial score (nSPS) is 14.4. The van der Waals surface area contributed by atoms with E-state index in [2.05, 4.69) is 24.0 Å². The van der Waals surface area contributed by atoms with Crippen molar-refractivity contribution in [2.24, 2.45) is 11.7 Å². The Hall–Kier alpha value is -2.88. The van der Waals surface area contributed by atoms with Crippen LogP contribution in [-0.4, -0.2) is 10.9 Å². The van der Waals surface area contributed by atoms with Crippen molar-refractivity contribution in [1.29, 1.82) is 0 Å². The topological polar surface area (TPSA) is 65.2 Å². The van der Waals surface area contributed by atoms with E-state index in [1.165, 1.54) is 31.2 Å². The van der Waals surface area contributed by atoms with Crippen molar-refractivity contribution >= 4 is 16.7 Å². The summed E-state index contributed by atoms with van der Waals surface area (Å²) >= 11 is 0. The summed E-state index contributed by atoms with van der Waals surface area (Å²) in [5.74, 6) is 1.75. The van der Waals surface area contributed by atoms with Gasteiger partial charge < -0.3 is 10.5 Å². The van der Waals surface area contributed by atoms with Crippen LogP contribution in [-0.2, 0) is 12.8 Å². The van der Waals surface area contributed by atoms with Gasteiger partial charge in [0, 0.05) is 11.1 Å². The van der Waals surface area contributed by atoms with Gasteiger partial charge in [-0.3, -0.25) is 4.79 Å². The molecule has 0 atom stereocenters. The predicted octanol–water partition coefficient (Wildman–Crippen LogP) is 5.81. The van der Waals surface area contributed by atoms with E-state index in [-0.39, 0.29) is 0 Å². The minimum Gasteiger partial charge on any atom is -0.457 e. The summed E-state index contributed by atoms with van der Waals surface area (Å²) < 4.78 is 6.10. The molecule has 29 heavy (non-hydrogen) atoms. The number of nitrogens with two attached hydrogens (primary N) is 1. The van der Waals surface area contributed by atoms with Gasteiger partial charge in [0.25, 0.3) is 5.91 Å². The highest BCUT2D eigenvalue weighted by Crippen LogP contribution is 2.32. The van der Waals surface area contributed by atoms with Crippen LogP contribution in [0.4, 0.5) is 0 Å². The first kappa shape index (κ1) is 19.4. The van der Waals surface area contributed by atoms with Gasteiger partial charge in [-0.1, -0.05) is 57.2 Å². The molecule has 0 radical (unpaired) electrons. The van der Waals surface area contributed by atoms with E-state index in [4.69, 9.17) is 10.5 Å². The van der Waals surface area contributed by atoms with E-state index < -0.39 is 5.91 Å². The van der Waals surface area contributed by atoms with Gasteiger partial charge in [-0.25, -0.2) is 4.98 Å². The monoisotopic (exact) mass is 388 g/mol. The standard InChI is InChI=1S/C25H28N2O2/c1-2-5-17-8-11-20(12-9-17)29-21-13-10-19-15-24(25(26)28)27-23(22(19)16-21)14-18-6-3-4-7-18/h8-13,15-16,18H,2-7,14H2,1H3,(H2,26,28). The zero-order valence-electron chi connectivity index (χ0n) is 17.0. The van der Waals surface area contributed by atoms with Crippen molar-refractivity contribution in [3.05, 3.63) is 65.5 Å². The Labute approximate surface area is 172 Å². The molecule has 0 spiro atoms. The number of amides is 1. The van der Waals surface area contributed by atoms with Crippen molar-refractivity contribution in [2.45, 2.75) is 51.9 Å². The fraction of sp³-hybridized carbons (Fsp3) is 0.360. The zero-order chi connectivity index (χ0) is 20.2. The lowest BCUT2D eigenvalue weighted by molar-refractivity contribution is 0.0995. The van der Waals surface area contributed by atoms with Crippen molar-refractivity contribution < 1.29 is 9.53 Å². The summed E-state index contributed by atoms with van der Waals surface area (Å²) in [6.07, 6.45) is 8.10. The molecule has 4 nitrogen and oxygen atoms in total. The number of nitrogens with zero attached hydrogens (tertiary/aromatic N) is 1. The lowest BCUT2D eigenvalue weighted by Crippen LogP contribution is -2.15. The summed E-state index contributed by atoms with van der Waals surface area (Å²) in [5, 5.41) is 2.02. The van der Waals surface area contributed by atoms with E-state index in [9.17, 15) is 4.79 Å². The maximum absolute atomic E-state index is 11.8. The van der Waals surface area contributed by atoms with E-state index in [1.54, 1.807) is 6.07 Å². The van der Waals surface area contributed by atoms with E-state index in [1.807, 2.05) is 30.3 Å². The molecule has 2 aromatic carbocycles. The number of primary amides is 1. The van der Waals surface area contributed by atoms with Crippen molar-refractivity contribution in [3.8, 4) is 11.5 Å². The Morgan fingerprint density at radius 1 is 1.07 bits per heavy atom. The Morgan fingerprint density at radius 2 is 1.79 bits per heavy atom. The minimum atomic E-state index is -0.480. The highest BCUT2D eigenvalue weighted by Gasteiger charge is 2.19. The molecule has 4 rings (SSSR count). The van der Waals surface area contributed by atoms with Gasteiger partial charge in [-0.05, 0) is 60.0 Å². The lowest BCUT2D eigenvalue weighted by atomic mass is 9.97. The van der Waals surface area contributed by atoms with Crippen LogP contribution in [0.2, 0.25) is 0 Å². The molecular weight excluding hydrogens is 360 g/mol. The van der Waals surface area contributed by atoms with E-state index in [0.717, 1.165) is 47.2 Å². The fourth-order valence-corrected chi connectivity index (χ4v) is 4.28. The van der Waals surface area contributed by atoms with Crippen LogP contribution in [0.1, 0.15) is 60.8 Å². The van der Waals surface area contributed by atoms with Gasteiger partial charge in [0.2, 0.25) is 0 Å². The number of rotatable bonds is 7. The average Bonchev–Trinajstić information content (AvgIpc) is 3.23. The number of carbonyl (C=O) groups is 1. The summed E-state index contributed by atoms with van der Waals surface area (Å²) in [5.41, 5.74) is 8.13. The molecule has 2 N–H and O–H groups in total. The third-order valence-corrected chi connectivity index (χ3v) is 5.79. The molecule has 3 aromatic rings. The third-order valence-electron chi connectivity index (χ3n) is 5.79. The van der Waals surface area contributed by atoms with Crippen LogP contribution in [0.25, 0.3) is 10.8 Å². The van der Waals surface area contributed by atoms with Crippen molar-refractivity contribution in [3.63, 3.8) is 0 Å². The first-order valence-electron chi connectivity index (χ1n) is 10.6. The molecular formula is C25H28N2O2. The minimum absolute atomic E-state index is 0.339. The van der Waals surface area contributed by atoms with E-state index >= 15 is 0 Å². The van der Waals surface area contributed by atoms with Gasteiger partial charge >= 0.3 is 0 Å². The number of pyridine rings is 1. The quantitative estimate of drug-likeness (QED) is 0.555. The van der Waals surface area contributed by atoms with Crippen LogP contribution < -0.4 is 10.5 Å². The second kappa shape index (κ2) is 8.64. The third kappa shape index (κ3) is 4.58. The summed E-state index contributed by atoms with van der Waals surface area (Å²) in [6, 6.07) is 16.0. The number of hydrogen-bond acceptors (Lipinski definition) is 3. The largest absolute Gasteiger partial charge is 0.457 e. The number of fused-ring (bicyclic) bond motifs is 1. The van der Waals surface area contributed by atoms with Gasteiger partial charge in [-0.2, -0.15) is 0 Å². The molecule has 4 heteroatoms. The first-order valence-corrected chi connectivity index (χ1v) is 10.6. The van der Waals surface area contributed by atoms with Crippen LogP contribution >= 0.6 is 0 Å². The summed E-state index contributed by atoms with van der Waals surface area (Å²) in [6.45, 7) is 2.18. The zero-order valence-corrected chi connectivity index (χ0v) is 17.0. The summed E-state index contributed by atoms with van der Waals surface area (Å²) in [4.78, 5) is 16.4. The highest BCUT2D eigenvalue weighted by atomic mass is 16.5. The smallest absolute Gasteiger partial charge is 0.267 e. The summed E-state index contributed by atoms with van der Waals surface area (Å²) in [7, 11) is 0. The molecule has 0 saturated heterocycles. The Kier molecular flexibility index (Phi) is 5.79. The molecule has 1 fully saturated rings.